The molecule has 1 aromatic heterocycles. The minimum atomic E-state index is 0.733. The molecular formula is C16H27N3. The second-order valence-corrected chi connectivity index (χ2v) is 5.88. The molecule has 0 bridgehead atoms. The second kappa shape index (κ2) is 7.61. The summed E-state index contributed by atoms with van der Waals surface area (Å²) in [5.74, 6) is 0.842. The molecule has 0 amide bonds. The maximum absolute atomic E-state index is 4.37. The maximum atomic E-state index is 4.37. The highest BCUT2D eigenvalue weighted by Gasteiger charge is 2.20. The largest absolute Gasteiger partial charge is 0.312 e. The SMILES string of the molecule is CC1CCCCC1NCCN(C)Cc1ccccn1. The number of rotatable bonds is 6. The molecule has 1 aromatic rings. The van der Waals surface area contributed by atoms with Crippen molar-refractivity contribution in [2.45, 2.75) is 45.2 Å². The minimum Gasteiger partial charge on any atom is -0.312 e. The molecule has 2 atom stereocenters. The number of hydrogen-bond acceptors (Lipinski definition) is 3. The number of likely N-dealkylation sites (N-methyl/N-ethyl adjacent to an activating group) is 1. The lowest BCUT2D eigenvalue weighted by Crippen LogP contribution is -2.40. The molecule has 1 aliphatic rings. The smallest absolute Gasteiger partial charge is 0.0543 e. The zero-order chi connectivity index (χ0) is 13.5. The van der Waals surface area contributed by atoms with Gasteiger partial charge in [-0.25, -0.2) is 0 Å². The van der Waals surface area contributed by atoms with Crippen molar-refractivity contribution in [3.8, 4) is 0 Å². The summed E-state index contributed by atoms with van der Waals surface area (Å²) >= 11 is 0. The van der Waals surface area contributed by atoms with Gasteiger partial charge in [0.15, 0.2) is 0 Å². The predicted octanol–water partition coefficient (Wildman–Crippen LogP) is 2.68. The molecular weight excluding hydrogens is 234 g/mol. The van der Waals surface area contributed by atoms with Gasteiger partial charge in [0.25, 0.3) is 0 Å². The van der Waals surface area contributed by atoms with Crippen LogP contribution >= 0.6 is 0 Å². The molecule has 0 aromatic carbocycles. The van der Waals surface area contributed by atoms with Crippen molar-refractivity contribution in [1.29, 1.82) is 0 Å². The van der Waals surface area contributed by atoms with E-state index in [4.69, 9.17) is 0 Å². The van der Waals surface area contributed by atoms with E-state index in [0.29, 0.717) is 0 Å². The first kappa shape index (κ1) is 14.5. The van der Waals surface area contributed by atoms with Crippen molar-refractivity contribution in [3.63, 3.8) is 0 Å². The van der Waals surface area contributed by atoms with Crippen LogP contribution in [0.15, 0.2) is 24.4 Å². The number of nitrogens with zero attached hydrogens (tertiary/aromatic N) is 2. The van der Waals surface area contributed by atoms with Gasteiger partial charge in [0.05, 0.1) is 5.69 Å². The van der Waals surface area contributed by atoms with Gasteiger partial charge >= 0.3 is 0 Å². The van der Waals surface area contributed by atoms with Crippen LogP contribution in [0.25, 0.3) is 0 Å². The highest BCUT2D eigenvalue weighted by Crippen LogP contribution is 2.23. The normalized spacial score (nSPS) is 23.7. The minimum absolute atomic E-state index is 0.733. The maximum Gasteiger partial charge on any atom is 0.0543 e. The van der Waals surface area contributed by atoms with E-state index in [1.807, 2.05) is 12.3 Å². The van der Waals surface area contributed by atoms with Crippen LogP contribution < -0.4 is 5.32 Å². The number of aromatic nitrogens is 1. The fourth-order valence-electron chi connectivity index (χ4n) is 2.91. The molecule has 1 fully saturated rings. The zero-order valence-electron chi connectivity index (χ0n) is 12.3. The van der Waals surface area contributed by atoms with E-state index in [1.165, 1.54) is 25.7 Å². The lowest BCUT2D eigenvalue weighted by molar-refractivity contribution is 0.257. The first-order valence-corrected chi connectivity index (χ1v) is 7.57. The Morgan fingerprint density at radius 3 is 2.89 bits per heavy atom. The molecule has 2 rings (SSSR count). The number of hydrogen-bond donors (Lipinski definition) is 1. The van der Waals surface area contributed by atoms with Crippen molar-refractivity contribution >= 4 is 0 Å². The Morgan fingerprint density at radius 2 is 2.16 bits per heavy atom. The summed E-state index contributed by atoms with van der Waals surface area (Å²) in [4.78, 5) is 6.70. The van der Waals surface area contributed by atoms with E-state index in [-0.39, 0.29) is 0 Å². The highest BCUT2D eigenvalue weighted by atomic mass is 15.1. The standard InChI is InChI=1S/C16H27N3/c1-14-7-3-4-9-16(14)18-11-12-19(2)13-15-8-5-6-10-17-15/h5-6,8,10,14,16,18H,3-4,7,9,11-13H2,1-2H3. The van der Waals surface area contributed by atoms with Gasteiger partial charge in [0, 0.05) is 31.9 Å². The van der Waals surface area contributed by atoms with Crippen molar-refractivity contribution in [1.82, 2.24) is 15.2 Å². The van der Waals surface area contributed by atoms with Crippen LogP contribution in [-0.4, -0.2) is 36.1 Å². The van der Waals surface area contributed by atoms with E-state index in [2.05, 4.69) is 41.3 Å². The van der Waals surface area contributed by atoms with Gasteiger partial charge in [0.1, 0.15) is 0 Å². The summed E-state index contributed by atoms with van der Waals surface area (Å²) in [6, 6.07) is 6.85. The van der Waals surface area contributed by atoms with Gasteiger partial charge in [-0.2, -0.15) is 0 Å². The lowest BCUT2D eigenvalue weighted by atomic mass is 9.86. The molecule has 1 aliphatic carbocycles. The van der Waals surface area contributed by atoms with Crippen LogP contribution in [0.2, 0.25) is 0 Å². The molecule has 3 heteroatoms. The fourth-order valence-corrected chi connectivity index (χ4v) is 2.91. The summed E-state index contributed by atoms with van der Waals surface area (Å²) in [5, 5.41) is 3.73. The summed E-state index contributed by atoms with van der Waals surface area (Å²) in [6.07, 6.45) is 7.42. The molecule has 1 saturated carbocycles. The van der Waals surface area contributed by atoms with Crippen LogP contribution in [0.3, 0.4) is 0 Å². The Labute approximate surface area is 117 Å². The first-order chi connectivity index (χ1) is 9.25. The first-order valence-electron chi connectivity index (χ1n) is 7.57. The molecule has 106 valence electrons. The third kappa shape index (κ3) is 4.92. The number of pyridine rings is 1. The average molecular weight is 261 g/mol. The Bertz CT molecular complexity index is 352. The highest BCUT2D eigenvalue weighted by molar-refractivity contribution is 5.02. The Morgan fingerprint density at radius 1 is 1.32 bits per heavy atom. The lowest BCUT2D eigenvalue weighted by Gasteiger charge is -2.30. The summed E-state index contributed by atoms with van der Waals surface area (Å²) in [5.41, 5.74) is 1.15. The number of nitrogens with one attached hydrogen (secondary N) is 1. The molecule has 1 heterocycles. The third-order valence-electron chi connectivity index (χ3n) is 4.17. The quantitative estimate of drug-likeness (QED) is 0.853. The molecule has 0 aliphatic heterocycles. The van der Waals surface area contributed by atoms with E-state index in [1.54, 1.807) is 0 Å². The topological polar surface area (TPSA) is 28.2 Å². The van der Waals surface area contributed by atoms with Gasteiger partial charge in [-0.05, 0) is 37.9 Å². The molecule has 2 unspecified atom stereocenters. The van der Waals surface area contributed by atoms with Crippen LogP contribution in [-0.2, 0) is 6.54 Å². The van der Waals surface area contributed by atoms with E-state index in [0.717, 1.165) is 37.3 Å². The summed E-state index contributed by atoms with van der Waals surface area (Å²) in [7, 11) is 2.17. The molecule has 1 N–H and O–H groups in total. The summed E-state index contributed by atoms with van der Waals surface area (Å²) < 4.78 is 0. The van der Waals surface area contributed by atoms with Crippen molar-refractivity contribution in [2.75, 3.05) is 20.1 Å². The van der Waals surface area contributed by atoms with Crippen LogP contribution in [0, 0.1) is 5.92 Å². The zero-order valence-corrected chi connectivity index (χ0v) is 12.3. The molecule has 0 saturated heterocycles. The van der Waals surface area contributed by atoms with Gasteiger partial charge in [-0.3, -0.25) is 9.88 Å². The van der Waals surface area contributed by atoms with Gasteiger partial charge < -0.3 is 5.32 Å². The van der Waals surface area contributed by atoms with Crippen LogP contribution in [0.1, 0.15) is 38.3 Å². The average Bonchev–Trinajstić information content (AvgIpc) is 2.42. The third-order valence-corrected chi connectivity index (χ3v) is 4.17. The molecule has 3 nitrogen and oxygen atoms in total. The van der Waals surface area contributed by atoms with Crippen molar-refractivity contribution < 1.29 is 0 Å². The fraction of sp³-hybridized carbons (Fsp3) is 0.688. The van der Waals surface area contributed by atoms with Gasteiger partial charge in [-0.15, -0.1) is 0 Å². The predicted molar refractivity (Wildman–Crippen MR) is 80.0 cm³/mol. The van der Waals surface area contributed by atoms with Gasteiger partial charge in [-0.1, -0.05) is 25.8 Å². The van der Waals surface area contributed by atoms with Crippen LogP contribution in [0.5, 0.6) is 0 Å². The van der Waals surface area contributed by atoms with E-state index in [9.17, 15) is 0 Å². The van der Waals surface area contributed by atoms with Crippen molar-refractivity contribution in [2.24, 2.45) is 5.92 Å². The monoisotopic (exact) mass is 261 g/mol. The Kier molecular flexibility index (Phi) is 5.80. The van der Waals surface area contributed by atoms with Crippen molar-refractivity contribution in [3.05, 3.63) is 30.1 Å². The van der Waals surface area contributed by atoms with Gasteiger partial charge in [0.2, 0.25) is 0 Å². The Hall–Kier alpha value is -0.930. The van der Waals surface area contributed by atoms with E-state index < -0.39 is 0 Å². The Balaban J connectivity index is 1.65. The van der Waals surface area contributed by atoms with Crippen LogP contribution in [0.4, 0.5) is 0 Å². The van der Waals surface area contributed by atoms with E-state index >= 15 is 0 Å². The molecule has 19 heavy (non-hydrogen) atoms. The summed E-state index contributed by atoms with van der Waals surface area (Å²) in [6.45, 7) is 5.48. The molecule has 0 radical (unpaired) electrons. The molecule has 0 spiro atoms. The second-order valence-electron chi connectivity index (χ2n) is 5.88.